The molecule has 146 valence electrons. The van der Waals surface area contributed by atoms with Gasteiger partial charge in [-0.1, -0.05) is 24.6 Å². The number of methoxy groups -OCH3 is 1. The monoisotopic (exact) mass is 391 g/mol. The summed E-state index contributed by atoms with van der Waals surface area (Å²) in [5.41, 5.74) is 2.76. The minimum atomic E-state index is -0.203. The lowest BCUT2D eigenvalue weighted by Gasteiger charge is -2.13. The zero-order chi connectivity index (χ0) is 19.8. The molecule has 0 aliphatic rings. The summed E-state index contributed by atoms with van der Waals surface area (Å²) in [6, 6.07) is 9.26. The van der Waals surface area contributed by atoms with Crippen LogP contribution in [0.3, 0.4) is 0 Å². The third-order valence-corrected chi connectivity index (χ3v) is 4.56. The fourth-order valence-electron chi connectivity index (χ4n) is 2.54. The highest BCUT2D eigenvalue weighted by Gasteiger charge is 2.09. The molecule has 0 radical (unpaired) electrons. The molecule has 0 atom stereocenters. The number of hydrogen-bond donors (Lipinski definition) is 1. The summed E-state index contributed by atoms with van der Waals surface area (Å²) in [6.07, 6.45) is 0.924. The predicted octanol–water partition coefficient (Wildman–Crippen LogP) is 4.45. The molecule has 2 aromatic rings. The summed E-state index contributed by atoms with van der Waals surface area (Å²) in [5, 5.41) is 3.55. The van der Waals surface area contributed by atoms with Crippen LogP contribution in [0.15, 0.2) is 30.3 Å². The van der Waals surface area contributed by atoms with E-state index in [1.807, 2.05) is 51.1 Å². The third-order valence-electron chi connectivity index (χ3n) is 3.96. The van der Waals surface area contributed by atoms with Crippen LogP contribution in [-0.2, 0) is 11.3 Å². The van der Waals surface area contributed by atoms with Crippen molar-refractivity contribution < 1.29 is 19.0 Å². The average molecular weight is 392 g/mol. The van der Waals surface area contributed by atoms with E-state index in [0.29, 0.717) is 35.4 Å². The second-order valence-corrected chi connectivity index (χ2v) is 6.65. The quantitative estimate of drug-likeness (QED) is 0.686. The lowest BCUT2D eigenvalue weighted by atomic mass is 10.1. The smallest absolute Gasteiger partial charge is 0.258 e. The van der Waals surface area contributed by atoms with E-state index in [1.54, 1.807) is 7.11 Å². The van der Waals surface area contributed by atoms with E-state index in [4.69, 9.17) is 25.8 Å². The van der Waals surface area contributed by atoms with E-state index in [-0.39, 0.29) is 12.5 Å². The van der Waals surface area contributed by atoms with Gasteiger partial charge in [0.2, 0.25) is 0 Å². The van der Waals surface area contributed by atoms with Crippen molar-refractivity contribution in [3.05, 3.63) is 52.0 Å². The Labute approximate surface area is 165 Å². The van der Waals surface area contributed by atoms with Gasteiger partial charge in [-0.25, -0.2) is 0 Å². The van der Waals surface area contributed by atoms with Gasteiger partial charge in [-0.15, -0.1) is 0 Å². The topological polar surface area (TPSA) is 56.8 Å². The van der Waals surface area contributed by atoms with E-state index in [2.05, 4.69) is 5.32 Å². The maximum atomic E-state index is 12.1. The van der Waals surface area contributed by atoms with Crippen LogP contribution in [-0.4, -0.2) is 26.2 Å². The number of halogens is 1. The second kappa shape index (κ2) is 10.1. The highest BCUT2D eigenvalue weighted by molar-refractivity contribution is 6.32. The molecule has 0 aliphatic heterocycles. The molecule has 0 unspecified atom stereocenters. The molecule has 0 fully saturated rings. The minimum absolute atomic E-state index is 0.0602. The maximum absolute atomic E-state index is 12.1. The summed E-state index contributed by atoms with van der Waals surface area (Å²) in [7, 11) is 1.60. The SMILES string of the molecule is CCCOc1ccc(CNC(=O)COc2cc(C)c(Cl)c(C)c2)cc1OC. The number of carbonyl (C=O) groups is 1. The zero-order valence-electron chi connectivity index (χ0n) is 16.2. The molecule has 0 heterocycles. The van der Waals surface area contributed by atoms with Gasteiger partial charge >= 0.3 is 0 Å². The molecule has 1 amide bonds. The first-order valence-corrected chi connectivity index (χ1v) is 9.28. The average Bonchev–Trinajstić information content (AvgIpc) is 2.67. The van der Waals surface area contributed by atoms with Gasteiger partial charge in [0.1, 0.15) is 5.75 Å². The number of ether oxygens (including phenoxy) is 3. The Morgan fingerprint density at radius 2 is 1.78 bits per heavy atom. The highest BCUT2D eigenvalue weighted by Crippen LogP contribution is 2.28. The van der Waals surface area contributed by atoms with Gasteiger partial charge in [0.05, 0.1) is 13.7 Å². The molecule has 0 spiro atoms. The summed E-state index contributed by atoms with van der Waals surface area (Å²) in [5.74, 6) is 1.78. The Balaban J connectivity index is 1.88. The van der Waals surface area contributed by atoms with Gasteiger partial charge in [-0.3, -0.25) is 4.79 Å². The number of rotatable bonds is 9. The fraction of sp³-hybridized carbons (Fsp3) is 0.381. The Kier molecular flexibility index (Phi) is 7.80. The molecule has 0 saturated carbocycles. The first-order chi connectivity index (χ1) is 12.9. The van der Waals surface area contributed by atoms with Crippen molar-refractivity contribution in [2.24, 2.45) is 0 Å². The van der Waals surface area contributed by atoms with Gasteiger partial charge in [0.15, 0.2) is 18.1 Å². The largest absolute Gasteiger partial charge is 0.493 e. The van der Waals surface area contributed by atoms with Gasteiger partial charge < -0.3 is 19.5 Å². The van der Waals surface area contributed by atoms with Crippen molar-refractivity contribution in [2.75, 3.05) is 20.3 Å². The first kappa shape index (κ1) is 20.9. The van der Waals surface area contributed by atoms with Crippen molar-refractivity contribution in [3.63, 3.8) is 0 Å². The van der Waals surface area contributed by atoms with Crippen LogP contribution >= 0.6 is 11.6 Å². The fourth-order valence-corrected chi connectivity index (χ4v) is 2.65. The molecule has 6 heteroatoms. The van der Waals surface area contributed by atoms with Crippen LogP contribution in [0.25, 0.3) is 0 Å². The molecule has 0 aromatic heterocycles. The number of nitrogens with one attached hydrogen (secondary N) is 1. The Hall–Kier alpha value is -2.40. The van der Waals surface area contributed by atoms with Crippen LogP contribution in [0.1, 0.15) is 30.0 Å². The molecule has 2 aromatic carbocycles. The van der Waals surface area contributed by atoms with Crippen LogP contribution in [0, 0.1) is 13.8 Å². The van der Waals surface area contributed by atoms with Crippen molar-refractivity contribution >= 4 is 17.5 Å². The number of amides is 1. The molecule has 1 N–H and O–H groups in total. The van der Waals surface area contributed by atoms with E-state index < -0.39 is 0 Å². The number of hydrogen-bond acceptors (Lipinski definition) is 4. The summed E-state index contributed by atoms with van der Waals surface area (Å²) >= 11 is 6.14. The Morgan fingerprint density at radius 1 is 1.07 bits per heavy atom. The van der Waals surface area contributed by atoms with Crippen LogP contribution < -0.4 is 19.5 Å². The number of carbonyl (C=O) groups excluding carboxylic acids is 1. The maximum Gasteiger partial charge on any atom is 0.258 e. The molecular formula is C21H26ClNO4. The molecule has 0 bridgehead atoms. The van der Waals surface area contributed by atoms with E-state index in [1.165, 1.54) is 0 Å². The first-order valence-electron chi connectivity index (χ1n) is 8.90. The summed E-state index contributed by atoms with van der Waals surface area (Å²) in [4.78, 5) is 12.1. The standard InChI is InChI=1S/C21H26ClNO4/c1-5-8-26-18-7-6-16(11-19(18)25-4)12-23-20(24)13-27-17-9-14(2)21(22)15(3)10-17/h6-7,9-11H,5,8,12-13H2,1-4H3,(H,23,24). The van der Waals surface area contributed by atoms with E-state index >= 15 is 0 Å². The van der Waals surface area contributed by atoms with Crippen LogP contribution in [0.5, 0.6) is 17.2 Å². The van der Waals surface area contributed by atoms with Crippen molar-refractivity contribution in [1.29, 1.82) is 0 Å². The van der Waals surface area contributed by atoms with Gasteiger partial charge in [0.25, 0.3) is 5.91 Å². The molecule has 0 saturated heterocycles. The van der Waals surface area contributed by atoms with Crippen molar-refractivity contribution in [1.82, 2.24) is 5.32 Å². The molecule has 5 nitrogen and oxygen atoms in total. The molecule has 27 heavy (non-hydrogen) atoms. The predicted molar refractivity (Wildman–Crippen MR) is 107 cm³/mol. The second-order valence-electron chi connectivity index (χ2n) is 6.27. The lowest BCUT2D eigenvalue weighted by molar-refractivity contribution is -0.123. The minimum Gasteiger partial charge on any atom is -0.493 e. The zero-order valence-corrected chi connectivity index (χ0v) is 17.0. The highest BCUT2D eigenvalue weighted by atomic mass is 35.5. The van der Waals surface area contributed by atoms with Crippen LogP contribution in [0.4, 0.5) is 0 Å². The molecular weight excluding hydrogens is 366 g/mol. The summed E-state index contributed by atoms with van der Waals surface area (Å²) < 4.78 is 16.6. The normalized spacial score (nSPS) is 10.4. The van der Waals surface area contributed by atoms with Gasteiger partial charge in [0, 0.05) is 11.6 Å². The Morgan fingerprint density at radius 3 is 2.41 bits per heavy atom. The van der Waals surface area contributed by atoms with E-state index in [9.17, 15) is 4.79 Å². The summed E-state index contributed by atoms with van der Waals surface area (Å²) in [6.45, 7) is 6.81. The van der Waals surface area contributed by atoms with Crippen LogP contribution in [0.2, 0.25) is 5.02 Å². The Bertz CT molecular complexity index is 769. The van der Waals surface area contributed by atoms with E-state index in [0.717, 1.165) is 23.1 Å². The van der Waals surface area contributed by atoms with Gasteiger partial charge in [-0.2, -0.15) is 0 Å². The third kappa shape index (κ3) is 6.07. The van der Waals surface area contributed by atoms with Crippen molar-refractivity contribution in [2.45, 2.75) is 33.7 Å². The molecule has 0 aliphatic carbocycles. The van der Waals surface area contributed by atoms with Gasteiger partial charge in [-0.05, 0) is 61.2 Å². The lowest BCUT2D eigenvalue weighted by Crippen LogP contribution is -2.28. The number of benzene rings is 2. The van der Waals surface area contributed by atoms with Crippen molar-refractivity contribution in [3.8, 4) is 17.2 Å². The number of aryl methyl sites for hydroxylation is 2. The molecule has 2 rings (SSSR count).